The molecule has 1 aliphatic heterocycles. The van der Waals surface area contributed by atoms with Crippen molar-refractivity contribution >= 4 is 0 Å². The standard InChI is InChI=1S/C15H29N3/c1-14-10-9-11-15(2)18(14)17-13-8-6-4-3-5-7-12-16/h14-15,17H,3-11,13H2,1-2H3. The summed E-state index contributed by atoms with van der Waals surface area (Å²) in [5, 5.41) is 10.9. The van der Waals surface area contributed by atoms with Crippen molar-refractivity contribution in [2.75, 3.05) is 6.54 Å². The fourth-order valence-electron chi connectivity index (χ4n) is 2.80. The highest BCUT2D eigenvalue weighted by molar-refractivity contribution is 4.76. The number of nitrogens with zero attached hydrogens (tertiary/aromatic N) is 2. The molecule has 0 aliphatic carbocycles. The van der Waals surface area contributed by atoms with Crippen molar-refractivity contribution < 1.29 is 0 Å². The first-order valence-corrected chi connectivity index (χ1v) is 7.64. The summed E-state index contributed by atoms with van der Waals surface area (Å²) in [6.07, 6.45) is 10.8. The van der Waals surface area contributed by atoms with E-state index in [-0.39, 0.29) is 0 Å². The zero-order valence-corrected chi connectivity index (χ0v) is 12.1. The number of hydrogen-bond acceptors (Lipinski definition) is 3. The fraction of sp³-hybridized carbons (Fsp3) is 0.933. The summed E-state index contributed by atoms with van der Waals surface area (Å²) in [6.45, 7) is 5.75. The lowest BCUT2D eigenvalue weighted by molar-refractivity contribution is 0.0459. The molecule has 3 heteroatoms. The predicted molar refractivity (Wildman–Crippen MR) is 75.9 cm³/mol. The Morgan fingerprint density at radius 1 is 1.06 bits per heavy atom. The third-order valence-electron chi connectivity index (χ3n) is 3.95. The number of unbranched alkanes of at least 4 members (excludes halogenated alkanes) is 5. The second-order valence-electron chi connectivity index (χ2n) is 5.62. The van der Waals surface area contributed by atoms with E-state index in [9.17, 15) is 0 Å². The van der Waals surface area contributed by atoms with Crippen LogP contribution in [0.1, 0.15) is 71.6 Å². The van der Waals surface area contributed by atoms with Crippen molar-refractivity contribution in [3.8, 4) is 6.07 Å². The monoisotopic (exact) mass is 251 g/mol. The summed E-state index contributed by atoms with van der Waals surface area (Å²) < 4.78 is 0. The Hall–Kier alpha value is -0.590. The van der Waals surface area contributed by atoms with Crippen LogP contribution in [0.25, 0.3) is 0 Å². The molecule has 0 aromatic heterocycles. The summed E-state index contributed by atoms with van der Waals surface area (Å²) in [6, 6.07) is 3.57. The van der Waals surface area contributed by atoms with Crippen molar-refractivity contribution in [1.29, 1.82) is 5.26 Å². The summed E-state index contributed by atoms with van der Waals surface area (Å²) in [5.74, 6) is 0. The van der Waals surface area contributed by atoms with Crippen LogP contribution >= 0.6 is 0 Å². The maximum atomic E-state index is 8.44. The average molecular weight is 251 g/mol. The van der Waals surface area contributed by atoms with Gasteiger partial charge in [0.15, 0.2) is 0 Å². The Kier molecular flexibility index (Phi) is 8.04. The molecule has 0 radical (unpaired) electrons. The minimum Gasteiger partial charge on any atom is -0.255 e. The summed E-state index contributed by atoms with van der Waals surface area (Å²) >= 11 is 0. The van der Waals surface area contributed by atoms with E-state index in [4.69, 9.17) is 5.26 Å². The molecule has 0 aromatic carbocycles. The highest BCUT2D eigenvalue weighted by Crippen LogP contribution is 2.20. The highest BCUT2D eigenvalue weighted by atomic mass is 15.5. The van der Waals surface area contributed by atoms with E-state index in [1.165, 1.54) is 44.9 Å². The minimum atomic E-state index is 0.685. The lowest BCUT2D eigenvalue weighted by Gasteiger charge is -2.39. The second-order valence-corrected chi connectivity index (χ2v) is 5.62. The van der Waals surface area contributed by atoms with Crippen molar-refractivity contribution in [3.63, 3.8) is 0 Å². The second kappa shape index (κ2) is 9.35. The first kappa shape index (κ1) is 15.5. The predicted octanol–water partition coefficient (Wildman–Crippen LogP) is 3.62. The molecule has 2 atom stereocenters. The Morgan fingerprint density at radius 2 is 1.67 bits per heavy atom. The molecule has 1 fully saturated rings. The molecule has 2 unspecified atom stereocenters. The summed E-state index contributed by atoms with van der Waals surface area (Å²) in [7, 11) is 0. The lowest BCUT2D eigenvalue weighted by Crippen LogP contribution is -2.52. The van der Waals surface area contributed by atoms with Gasteiger partial charge < -0.3 is 0 Å². The van der Waals surface area contributed by atoms with Crippen molar-refractivity contribution in [2.45, 2.75) is 83.7 Å². The number of nitrogens with one attached hydrogen (secondary N) is 1. The molecular weight excluding hydrogens is 222 g/mol. The Bertz CT molecular complexity index is 237. The lowest BCUT2D eigenvalue weighted by atomic mass is 10.00. The molecule has 0 bridgehead atoms. The molecule has 18 heavy (non-hydrogen) atoms. The van der Waals surface area contributed by atoms with Gasteiger partial charge in [0.1, 0.15) is 0 Å². The van der Waals surface area contributed by atoms with Gasteiger partial charge in [-0.3, -0.25) is 5.43 Å². The smallest absolute Gasteiger partial charge is 0.0621 e. The Labute approximate surface area is 113 Å². The number of hydrogen-bond donors (Lipinski definition) is 1. The maximum absolute atomic E-state index is 8.44. The molecule has 1 rings (SSSR count). The van der Waals surface area contributed by atoms with Gasteiger partial charge in [0.25, 0.3) is 0 Å². The highest BCUT2D eigenvalue weighted by Gasteiger charge is 2.23. The van der Waals surface area contributed by atoms with Crippen LogP contribution in [0, 0.1) is 11.3 Å². The molecule has 104 valence electrons. The van der Waals surface area contributed by atoms with Crippen LogP contribution in [0.3, 0.4) is 0 Å². The topological polar surface area (TPSA) is 39.1 Å². The van der Waals surface area contributed by atoms with Gasteiger partial charge in [-0.15, -0.1) is 0 Å². The van der Waals surface area contributed by atoms with Crippen LogP contribution < -0.4 is 5.43 Å². The van der Waals surface area contributed by atoms with Crippen molar-refractivity contribution in [2.24, 2.45) is 0 Å². The van der Waals surface area contributed by atoms with E-state index >= 15 is 0 Å². The van der Waals surface area contributed by atoms with E-state index < -0.39 is 0 Å². The Morgan fingerprint density at radius 3 is 2.33 bits per heavy atom. The van der Waals surface area contributed by atoms with Gasteiger partial charge in [-0.1, -0.05) is 25.7 Å². The summed E-state index contributed by atoms with van der Waals surface area (Å²) in [5.41, 5.74) is 3.60. The minimum absolute atomic E-state index is 0.685. The van der Waals surface area contributed by atoms with Gasteiger partial charge in [0.05, 0.1) is 6.07 Å². The molecule has 0 spiro atoms. The van der Waals surface area contributed by atoms with Crippen molar-refractivity contribution in [1.82, 2.24) is 10.4 Å². The first-order chi connectivity index (χ1) is 8.75. The fourth-order valence-corrected chi connectivity index (χ4v) is 2.80. The third kappa shape index (κ3) is 5.84. The number of hydrazine groups is 1. The van der Waals surface area contributed by atoms with Crippen LogP contribution in [0.5, 0.6) is 0 Å². The third-order valence-corrected chi connectivity index (χ3v) is 3.95. The average Bonchev–Trinajstić information content (AvgIpc) is 2.35. The van der Waals surface area contributed by atoms with Crippen LogP contribution in [-0.4, -0.2) is 23.6 Å². The molecule has 1 aliphatic rings. The quantitative estimate of drug-likeness (QED) is 0.670. The van der Waals surface area contributed by atoms with E-state index in [2.05, 4.69) is 30.4 Å². The molecule has 0 saturated carbocycles. The number of piperidine rings is 1. The molecule has 0 amide bonds. The van der Waals surface area contributed by atoms with Gasteiger partial charge in [-0.2, -0.15) is 5.26 Å². The van der Waals surface area contributed by atoms with Gasteiger partial charge in [-0.25, -0.2) is 5.01 Å². The van der Waals surface area contributed by atoms with Gasteiger partial charge in [-0.05, 0) is 39.5 Å². The van der Waals surface area contributed by atoms with Gasteiger partial charge >= 0.3 is 0 Å². The SMILES string of the molecule is CC1CCCC(C)N1NCCCCCCCC#N. The first-order valence-electron chi connectivity index (χ1n) is 7.64. The van der Waals surface area contributed by atoms with Gasteiger partial charge in [0.2, 0.25) is 0 Å². The number of rotatable bonds is 8. The molecule has 1 saturated heterocycles. The Balaban J connectivity index is 1.98. The van der Waals surface area contributed by atoms with Crippen LogP contribution in [0.2, 0.25) is 0 Å². The molecule has 1 N–H and O–H groups in total. The largest absolute Gasteiger partial charge is 0.255 e. The van der Waals surface area contributed by atoms with Crippen LogP contribution in [0.15, 0.2) is 0 Å². The van der Waals surface area contributed by atoms with E-state index in [0.29, 0.717) is 12.1 Å². The van der Waals surface area contributed by atoms with Crippen molar-refractivity contribution in [3.05, 3.63) is 0 Å². The van der Waals surface area contributed by atoms with Crippen LogP contribution in [-0.2, 0) is 0 Å². The normalized spacial score (nSPS) is 24.9. The van der Waals surface area contributed by atoms with E-state index in [1.807, 2.05) is 0 Å². The summed E-state index contributed by atoms with van der Waals surface area (Å²) in [4.78, 5) is 0. The molecule has 0 aromatic rings. The molecule has 1 heterocycles. The van der Waals surface area contributed by atoms with Crippen LogP contribution in [0.4, 0.5) is 0 Å². The maximum Gasteiger partial charge on any atom is 0.0621 e. The van der Waals surface area contributed by atoms with E-state index in [0.717, 1.165) is 19.4 Å². The zero-order chi connectivity index (χ0) is 13.2. The number of nitriles is 1. The van der Waals surface area contributed by atoms with Gasteiger partial charge in [0, 0.05) is 25.0 Å². The van der Waals surface area contributed by atoms with E-state index in [1.54, 1.807) is 0 Å². The molecular formula is C15H29N3. The molecule has 3 nitrogen and oxygen atoms in total. The zero-order valence-electron chi connectivity index (χ0n) is 12.1.